The van der Waals surface area contributed by atoms with Gasteiger partial charge in [-0.3, -0.25) is 0 Å². The van der Waals surface area contributed by atoms with Gasteiger partial charge in [0.1, 0.15) is 0 Å². The van der Waals surface area contributed by atoms with Gasteiger partial charge in [0.25, 0.3) is 0 Å². The number of hydrogen-bond donors (Lipinski definition) is 1. The molecule has 92 valence electrons. The van der Waals surface area contributed by atoms with E-state index in [1.807, 2.05) is 6.92 Å². The quantitative estimate of drug-likeness (QED) is 0.588. The highest BCUT2D eigenvalue weighted by molar-refractivity contribution is 7.99. The maximum Gasteiger partial charge on any atom is 0.0863 e. The first-order chi connectivity index (χ1) is 7.20. The smallest absolute Gasteiger partial charge is 0.0863 e. The minimum Gasteiger partial charge on any atom is -0.390 e. The van der Waals surface area contributed by atoms with E-state index in [-0.39, 0.29) is 12.2 Å². The first-order valence-corrected chi connectivity index (χ1v) is 6.72. The molecule has 0 radical (unpaired) electrons. The van der Waals surface area contributed by atoms with Crippen molar-refractivity contribution in [3.63, 3.8) is 0 Å². The summed E-state index contributed by atoms with van der Waals surface area (Å²) in [7, 11) is 1.65. The van der Waals surface area contributed by atoms with E-state index in [0.29, 0.717) is 13.2 Å². The lowest BCUT2D eigenvalue weighted by molar-refractivity contribution is -0.0257. The van der Waals surface area contributed by atoms with E-state index in [1.54, 1.807) is 18.9 Å². The Labute approximate surface area is 97.5 Å². The molecule has 0 amide bonds. The third kappa shape index (κ3) is 10.5. The largest absolute Gasteiger partial charge is 0.390 e. The Bertz CT molecular complexity index is 133. The van der Waals surface area contributed by atoms with Crippen molar-refractivity contribution in [1.82, 2.24) is 0 Å². The van der Waals surface area contributed by atoms with Gasteiger partial charge in [0.2, 0.25) is 0 Å². The molecule has 0 aromatic carbocycles. The summed E-state index contributed by atoms with van der Waals surface area (Å²) in [5.41, 5.74) is 0. The van der Waals surface area contributed by atoms with Crippen LogP contribution in [0.25, 0.3) is 0 Å². The third-order valence-electron chi connectivity index (χ3n) is 1.93. The maximum atomic E-state index is 9.58. The maximum absolute atomic E-state index is 9.58. The molecule has 0 aromatic rings. The van der Waals surface area contributed by atoms with Crippen molar-refractivity contribution in [1.29, 1.82) is 0 Å². The fourth-order valence-electron chi connectivity index (χ4n) is 1.07. The monoisotopic (exact) mass is 236 g/mol. The zero-order valence-corrected chi connectivity index (χ0v) is 10.9. The van der Waals surface area contributed by atoms with Crippen molar-refractivity contribution in [3.8, 4) is 0 Å². The number of hydrogen-bond acceptors (Lipinski definition) is 4. The number of ether oxygens (including phenoxy) is 2. The number of methoxy groups -OCH3 is 1. The second kappa shape index (κ2) is 10.7. The van der Waals surface area contributed by atoms with E-state index in [0.717, 1.165) is 11.5 Å². The Morgan fingerprint density at radius 3 is 2.67 bits per heavy atom. The van der Waals surface area contributed by atoms with Gasteiger partial charge in [0, 0.05) is 12.9 Å². The first kappa shape index (κ1) is 15.2. The van der Waals surface area contributed by atoms with Gasteiger partial charge in [-0.05, 0) is 19.1 Å². The van der Waals surface area contributed by atoms with Gasteiger partial charge in [-0.2, -0.15) is 11.8 Å². The zero-order chi connectivity index (χ0) is 11.5. The van der Waals surface area contributed by atoms with Gasteiger partial charge in [0.05, 0.1) is 25.4 Å². The summed E-state index contributed by atoms with van der Waals surface area (Å²) < 4.78 is 10.4. The number of aliphatic hydroxyl groups excluding tert-OH is 1. The van der Waals surface area contributed by atoms with Crippen LogP contribution in [0.4, 0.5) is 0 Å². The van der Waals surface area contributed by atoms with Gasteiger partial charge >= 0.3 is 0 Å². The zero-order valence-electron chi connectivity index (χ0n) is 10.1. The van der Waals surface area contributed by atoms with Crippen LogP contribution in [0.2, 0.25) is 0 Å². The van der Waals surface area contributed by atoms with Crippen LogP contribution in [0.5, 0.6) is 0 Å². The molecule has 0 aromatic heterocycles. The molecular formula is C11H24O3S. The highest BCUT2D eigenvalue weighted by Gasteiger charge is 2.07. The molecule has 4 heteroatoms. The van der Waals surface area contributed by atoms with E-state index in [9.17, 15) is 5.11 Å². The van der Waals surface area contributed by atoms with Crippen LogP contribution in [0.3, 0.4) is 0 Å². The molecule has 0 aliphatic heterocycles. The Balaban J connectivity index is 3.28. The Hall–Kier alpha value is 0.230. The summed E-state index contributed by atoms with van der Waals surface area (Å²) in [6.07, 6.45) is 2.14. The van der Waals surface area contributed by atoms with E-state index in [4.69, 9.17) is 9.47 Å². The third-order valence-corrected chi connectivity index (χ3v) is 3.12. The predicted molar refractivity (Wildman–Crippen MR) is 65.5 cm³/mol. The van der Waals surface area contributed by atoms with Crippen molar-refractivity contribution in [2.24, 2.45) is 0 Å². The van der Waals surface area contributed by atoms with Crippen LogP contribution < -0.4 is 0 Å². The minimum atomic E-state index is -0.355. The Morgan fingerprint density at radius 1 is 1.33 bits per heavy atom. The molecule has 0 aliphatic carbocycles. The van der Waals surface area contributed by atoms with Gasteiger partial charge in [0.15, 0.2) is 0 Å². The number of aliphatic hydroxyl groups is 1. The van der Waals surface area contributed by atoms with Gasteiger partial charge in [-0.25, -0.2) is 0 Å². The van der Waals surface area contributed by atoms with Crippen LogP contribution in [0.15, 0.2) is 0 Å². The molecule has 2 atom stereocenters. The summed E-state index contributed by atoms with van der Waals surface area (Å²) in [5, 5.41) is 9.58. The molecule has 3 nitrogen and oxygen atoms in total. The van der Waals surface area contributed by atoms with Crippen LogP contribution >= 0.6 is 11.8 Å². The lowest BCUT2D eigenvalue weighted by Crippen LogP contribution is -2.24. The van der Waals surface area contributed by atoms with Crippen molar-refractivity contribution < 1.29 is 14.6 Å². The van der Waals surface area contributed by atoms with E-state index >= 15 is 0 Å². The first-order valence-electron chi connectivity index (χ1n) is 5.57. The molecule has 0 rings (SSSR count). The lowest BCUT2D eigenvalue weighted by Gasteiger charge is -2.15. The van der Waals surface area contributed by atoms with Gasteiger partial charge < -0.3 is 14.6 Å². The van der Waals surface area contributed by atoms with E-state index < -0.39 is 0 Å². The second-order valence-electron chi connectivity index (χ2n) is 3.68. The molecule has 1 N–H and O–H groups in total. The topological polar surface area (TPSA) is 38.7 Å². The summed E-state index contributed by atoms with van der Waals surface area (Å²) in [6, 6.07) is 0. The van der Waals surface area contributed by atoms with Crippen LogP contribution in [0.1, 0.15) is 26.7 Å². The fraction of sp³-hybridized carbons (Fsp3) is 1.00. The summed E-state index contributed by atoms with van der Waals surface area (Å²) in [5.74, 6) is 1.89. The SMILES string of the molecule is CCCCSCC(O)COC(C)COC. The fourth-order valence-corrected chi connectivity index (χ4v) is 2.10. The molecule has 15 heavy (non-hydrogen) atoms. The molecule has 2 unspecified atom stereocenters. The average Bonchev–Trinajstić information content (AvgIpc) is 2.22. The Kier molecular flexibility index (Phi) is 10.9. The molecule has 0 fully saturated rings. The van der Waals surface area contributed by atoms with Crippen molar-refractivity contribution >= 4 is 11.8 Å². The van der Waals surface area contributed by atoms with Gasteiger partial charge in [-0.1, -0.05) is 13.3 Å². The lowest BCUT2D eigenvalue weighted by atomic mass is 10.4. The summed E-state index contributed by atoms with van der Waals surface area (Å²) in [6.45, 7) is 5.10. The Morgan fingerprint density at radius 2 is 2.07 bits per heavy atom. The molecule has 0 spiro atoms. The number of rotatable bonds is 10. The predicted octanol–water partition coefficient (Wildman–Crippen LogP) is 1.93. The molecule has 0 bridgehead atoms. The van der Waals surface area contributed by atoms with Crippen molar-refractivity contribution in [2.45, 2.75) is 38.9 Å². The van der Waals surface area contributed by atoms with Gasteiger partial charge in [-0.15, -0.1) is 0 Å². The second-order valence-corrected chi connectivity index (χ2v) is 4.83. The molecule has 0 aliphatic rings. The van der Waals surface area contributed by atoms with Crippen LogP contribution in [-0.4, -0.2) is 49.1 Å². The molecule has 0 saturated heterocycles. The average molecular weight is 236 g/mol. The van der Waals surface area contributed by atoms with E-state index in [2.05, 4.69) is 6.92 Å². The van der Waals surface area contributed by atoms with E-state index in [1.165, 1.54) is 12.8 Å². The highest BCUT2D eigenvalue weighted by Crippen LogP contribution is 2.07. The molecule has 0 saturated carbocycles. The van der Waals surface area contributed by atoms with Crippen molar-refractivity contribution in [2.75, 3.05) is 31.8 Å². The number of unbranched alkanes of at least 4 members (excludes halogenated alkanes) is 1. The van der Waals surface area contributed by atoms with Crippen molar-refractivity contribution in [3.05, 3.63) is 0 Å². The summed E-state index contributed by atoms with van der Waals surface area (Å²) in [4.78, 5) is 0. The van der Waals surface area contributed by atoms with Crippen LogP contribution in [-0.2, 0) is 9.47 Å². The minimum absolute atomic E-state index is 0.0605. The highest BCUT2D eigenvalue weighted by atomic mass is 32.2. The number of thioether (sulfide) groups is 1. The standard InChI is InChI=1S/C11H24O3S/c1-4-5-6-15-9-11(12)8-14-10(2)7-13-3/h10-12H,4-9H2,1-3H3. The molecular weight excluding hydrogens is 212 g/mol. The normalized spacial score (nSPS) is 15.2. The summed E-state index contributed by atoms with van der Waals surface area (Å²) >= 11 is 1.79. The molecule has 0 heterocycles. The van der Waals surface area contributed by atoms with Crippen LogP contribution in [0, 0.1) is 0 Å².